The summed E-state index contributed by atoms with van der Waals surface area (Å²) in [5.74, 6) is 1.15. The second-order valence-electron chi connectivity index (χ2n) is 8.81. The number of hydrogen-bond donors (Lipinski definition) is 0. The summed E-state index contributed by atoms with van der Waals surface area (Å²) in [6.07, 6.45) is -0.167. The van der Waals surface area contributed by atoms with Gasteiger partial charge in [-0.1, -0.05) is 18.2 Å². The van der Waals surface area contributed by atoms with Crippen LogP contribution in [0.1, 0.15) is 46.1 Å². The zero-order valence-electron chi connectivity index (χ0n) is 18.6. The summed E-state index contributed by atoms with van der Waals surface area (Å²) in [6.45, 7) is 12.2. The summed E-state index contributed by atoms with van der Waals surface area (Å²) in [5.41, 5.74) is 0.981. The maximum absolute atomic E-state index is 13.0. The largest absolute Gasteiger partial charge is 0.444 e. The predicted octanol–water partition coefficient (Wildman–Crippen LogP) is 4.05. The number of oxazole rings is 1. The Morgan fingerprint density at radius 1 is 1.10 bits per heavy atom. The van der Waals surface area contributed by atoms with Gasteiger partial charge in [0.25, 0.3) is 0 Å². The zero-order chi connectivity index (χ0) is 22.1. The number of amides is 2. The smallest absolute Gasteiger partial charge is 0.410 e. The fraction of sp³-hybridized carbons (Fsp3) is 0.522. The number of rotatable bonds is 3. The van der Waals surface area contributed by atoms with Gasteiger partial charge >= 0.3 is 6.09 Å². The van der Waals surface area contributed by atoms with E-state index in [4.69, 9.17) is 9.15 Å². The highest BCUT2D eigenvalue weighted by Gasteiger charge is 2.37. The number of aryl methyl sites for hydroxylation is 1. The van der Waals surface area contributed by atoms with E-state index in [0.717, 1.165) is 5.56 Å². The maximum Gasteiger partial charge on any atom is 0.410 e. The molecule has 1 aliphatic heterocycles. The summed E-state index contributed by atoms with van der Waals surface area (Å²) in [6, 6.07) is 9.37. The van der Waals surface area contributed by atoms with Crippen LogP contribution in [0, 0.1) is 6.92 Å². The first-order chi connectivity index (χ1) is 14.1. The Morgan fingerprint density at radius 3 is 2.33 bits per heavy atom. The molecule has 7 heteroatoms. The number of ether oxygens (including phenoxy) is 1. The van der Waals surface area contributed by atoms with E-state index < -0.39 is 5.60 Å². The molecule has 7 nitrogen and oxygen atoms in total. The lowest BCUT2D eigenvalue weighted by molar-refractivity contribution is -0.136. The molecule has 0 spiro atoms. The van der Waals surface area contributed by atoms with Crippen molar-refractivity contribution in [3.8, 4) is 11.5 Å². The van der Waals surface area contributed by atoms with Crippen LogP contribution >= 0.6 is 0 Å². The molecule has 2 atom stereocenters. The van der Waals surface area contributed by atoms with Gasteiger partial charge in [0, 0.05) is 24.7 Å². The molecule has 0 saturated carbocycles. The van der Waals surface area contributed by atoms with Gasteiger partial charge in [-0.15, -0.1) is 0 Å². The van der Waals surface area contributed by atoms with Crippen LogP contribution in [0.3, 0.4) is 0 Å². The Hall–Kier alpha value is -2.83. The topological polar surface area (TPSA) is 75.9 Å². The maximum atomic E-state index is 13.0. The van der Waals surface area contributed by atoms with Gasteiger partial charge in [0.2, 0.25) is 11.8 Å². The first kappa shape index (κ1) is 21.9. The molecule has 0 radical (unpaired) electrons. The number of aromatic nitrogens is 1. The van der Waals surface area contributed by atoms with E-state index in [1.54, 1.807) is 4.90 Å². The number of carbonyl (C=O) groups excluding carboxylic acids is 2. The van der Waals surface area contributed by atoms with Crippen molar-refractivity contribution in [2.24, 2.45) is 0 Å². The second-order valence-corrected chi connectivity index (χ2v) is 8.81. The average Bonchev–Trinajstić information content (AvgIpc) is 3.03. The van der Waals surface area contributed by atoms with Crippen LogP contribution in [0.4, 0.5) is 4.79 Å². The van der Waals surface area contributed by atoms with Gasteiger partial charge in [-0.3, -0.25) is 4.79 Å². The standard InChI is InChI=1S/C23H31N3O4/c1-15-16(2)26(22(28)30-23(4,5)6)13-12-25(15)20(27)14-19-17(3)29-21(24-19)18-10-8-7-9-11-18/h7-11,15-16H,12-14H2,1-6H3/t15-,16+/m0/s1. The average molecular weight is 414 g/mol. The van der Waals surface area contributed by atoms with Crippen LogP contribution in [0.25, 0.3) is 11.5 Å². The van der Waals surface area contributed by atoms with Crippen LogP contribution in [-0.2, 0) is 16.0 Å². The molecule has 0 bridgehead atoms. The monoisotopic (exact) mass is 413 g/mol. The van der Waals surface area contributed by atoms with E-state index in [1.807, 2.05) is 76.8 Å². The fourth-order valence-electron chi connectivity index (χ4n) is 3.61. The molecular weight excluding hydrogens is 382 g/mol. The lowest BCUT2D eigenvalue weighted by Gasteiger charge is -2.45. The van der Waals surface area contributed by atoms with Crippen molar-refractivity contribution in [2.45, 2.75) is 65.6 Å². The molecule has 0 unspecified atom stereocenters. The number of piperazine rings is 1. The Morgan fingerprint density at radius 2 is 1.70 bits per heavy atom. The molecule has 2 heterocycles. The minimum atomic E-state index is -0.548. The normalized spacial score (nSPS) is 19.7. The predicted molar refractivity (Wildman–Crippen MR) is 114 cm³/mol. The molecule has 162 valence electrons. The molecule has 30 heavy (non-hydrogen) atoms. The molecule has 2 amide bonds. The third-order valence-corrected chi connectivity index (χ3v) is 5.44. The molecule has 1 saturated heterocycles. The third-order valence-electron chi connectivity index (χ3n) is 5.44. The van der Waals surface area contributed by atoms with E-state index in [-0.39, 0.29) is 30.5 Å². The van der Waals surface area contributed by atoms with Crippen molar-refractivity contribution in [3.63, 3.8) is 0 Å². The molecule has 2 aromatic rings. The third kappa shape index (κ3) is 4.83. The van der Waals surface area contributed by atoms with Crippen molar-refractivity contribution in [3.05, 3.63) is 41.8 Å². The molecule has 3 rings (SSSR count). The van der Waals surface area contributed by atoms with Gasteiger partial charge in [0.05, 0.1) is 18.2 Å². The molecular formula is C23H31N3O4. The first-order valence-corrected chi connectivity index (χ1v) is 10.4. The highest BCUT2D eigenvalue weighted by molar-refractivity contribution is 5.79. The lowest BCUT2D eigenvalue weighted by Crippen LogP contribution is -2.61. The van der Waals surface area contributed by atoms with Gasteiger partial charge in [0.1, 0.15) is 11.4 Å². The van der Waals surface area contributed by atoms with Gasteiger partial charge in [-0.05, 0) is 53.7 Å². The quantitative estimate of drug-likeness (QED) is 0.759. The molecule has 1 aliphatic rings. The van der Waals surface area contributed by atoms with E-state index in [1.165, 1.54) is 0 Å². The Kier molecular flexibility index (Phi) is 6.19. The second kappa shape index (κ2) is 8.50. The zero-order valence-corrected chi connectivity index (χ0v) is 18.6. The Bertz CT molecular complexity index is 901. The van der Waals surface area contributed by atoms with Gasteiger partial charge in [0.15, 0.2) is 0 Å². The summed E-state index contributed by atoms with van der Waals surface area (Å²) >= 11 is 0. The summed E-state index contributed by atoms with van der Waals surface area (Å²) < 4.78 is 11.3. The van der Waals surface area contributed by atoms with E-state index in [0.29, 0.717) is 30.4 Å². The van der Waals surface area contributed by atoms with E-state index in [9.17, 15) is 9.59 Å². The summed E-state index contributed by atoms with van der Waals surface area (Å²) in [7, 11) is 0. The minimum Gasteiger partial charge on any atom is -0.444 e. The van der Waals surface area contributed by atoms with Crippen molar-refractivity contribution >= 4 is 12.0 Å². The number of benzene rings is 1. The molecule has 1 fully saturated rings. The number of carbonyl (C=O) groups is 2. The minimum absolute atomic E-state index is 0.0193. The van der Waals surface area contributed by atoms with Crippen LogP contribution in [0.15, 0.2) is 34.7 Å². The van der Waals surface area contributed by atoms with Gasteiger partial charge in [-0.2, -0.15) is 0 Å². The number of hydrogen-bond acceptors (Lipinski definition) is 5. The van der Waals surface area contributed by atoms with Crippen molar-refractivity contribution in [2.75, 3.05) is 13.1 Å². The fourth-order valence-corrected chi connectivity index (χ4v) is 3.61. The molecule has 1 aromatic carbocycles. The summed E-state index contributed by atoms with van der Waals surface area (Å²) in [4.78, 5) is 33.6. The van der Waals surface area contributed by atoms with Crippen LogP contribution in [-0.4, -0.2) is 57.6 Å². The van der Waals surface area contributed by atoms with E-state index in [2.05, 4.69) is 4.98 Å². The van der Waals surface area contributed by atoms with Gasteiger partial charge < -0.3 is 19.0 Å². The molecule has 0 aliphatic carbocycles. The first-order valence-electron chi connectivity index (χ1n) is 10.4. The highest BCUT2D eigenvalue weighted by Crippen LogP contribution is 2.24. The van der Waals surface area contributed by atoms with Gasteiger partial charge in [-0.25, -0.2) is 9.78 Å². The molecule has 0 N–H and O–H groups in total. The lowest BCUT2D eigenvalue weighted by atomic mass is 10.0. The SMILES string of the molecule is Cc1oc(-c2ccccc2)nc1CC(=O)N1CCN(C(=O)OC(C)(C)C)[C@H](C)[C@@H]1C. The van der Waals surface area contributed by atoms with Crippen LogP contribution in [0.5, 0.6) is 0 Å². The summed E-state index contributed by atoms with van der Waals surface area (Å²) in [5, 5.41) is 0. The van der Waals surface area contributed by atoms with Crippen molar-refractivity contribution < 1.29 is 18.7 Å². The Balaban J connectivity index is 1.67. The van der Waals surface area contributed by atoms with Crippen LogP contribution in [0.2, 0.25) is 0 Å². The van der Waals surface area contributed by atoms with Crippen molar-refractivity contribution in [1.82, 2.24) is 14.8 Å². The highest BCUT2D eigenvalue weighted by atomic mass is 16.6. The number of nitrogens with zero attached hydrogens (tertiary/aromatic N) is 3. The van der Waals surface area contributed by atoms with Crippen LogP contribution < -0.4 is 0 Å². The van der Waals surface area contributed by atoms with E-state index >= 15 is 0 Å². The Labute approximate surface area is 178 Å². The molecule has 1 aromatic heterocycles. The van der Waals surface area contributed by atoms with Crippen molar-refractivity contribution in [1.29, 1.82) is 0 Å².